The Labute approximate surface area is 152 Å². The summed E-state index contributed by atoms with van der Waals surface area (Å²) in [5.41, 5.74) is 4.93. The van der Waals surface area contributed by atoms with Gasteiger partial charge in [0.1, 0.15) is 0 Å². The highest BCUT2D eigenvalue weighted by Crippen LogP contribution is 2.39. The van der Waals surface area contributed by atoms with E-state index in [-0.39, 0.29) is 0 Å². The SMILES string of the molecule is C=CC1=C(/C=C\C)N(Cc2ccc(C(=O)NO)cc2)c2ccccc2O1. The smallest absolute Gasteiger partial charge is 0.274 e. The zero-order chi connectivity index (χ0) is 18.5. The van der Waals surface area contributed by atoms with Gasteiger partial charge in [0, 0.05) is 12.1 Å². The molecule has 0 radical (unpaired) electrons. The lowest BCUT2D eigenvalue weighted by molar-refractivity contribution is 0.0706. The number of fused-ring (bicyclic) bond motifs is 1. The molecule has 0 saturated carbocycles. The molecule has 5 heteroatoms. The maximum atomic E-state index is 11.5. The van der Waals surface area contributed by atoms with Crippen LogP contribution < -0.4 is 15.1 Å². The van der Waals surface area contributed by atoms with Crippen molar-refractivity contribution < 1.29 is 14.7 Å². The number of hydrogen-bond donors (Lipinski definition) is 2. The summed E-state index contributed by atoms with van der Waals surface area (Å²) in [6.07, 6.45) is 5.64. The third-order valence-electron chi connectivity index (χ3n) is 4.09. The van der Waals surface area contributed by atoms with E-state index in [4.69, 9.17) is 9.94 Å². The summed E-state index contributed by atoms with van der Waals surface area (Å²) in [6, 6.07) is 14.9. The number of hydroxylamine groups is 1. The number of nitrogens with zero attached hydrogens (tertiary/aromatic N) is 1. The van der Waals surface area contributed by atoms with Gasteiger partial charge in [-0.25, -0.2) is 5.48 Å². The first kappa shape index (κ1) is 17.5. The topological polar surface area (TPSA) is 61.8 Å². The van der Waals surface area contributed by atoms with Crippen LogP contribution in [0.25, 0.3) is 0 Å². The summed E-state index contributed by atoms with van der Waals surface area (Å²) >= 11 is 0. The lowest BCUT2D eigenvalue weighted by Crippen LogP contribution is -2.27. The number of rotatable bonds is 5. The van der Waals surface area contributed by atoms with Gasteiger partial charge >= 0.3 is 0 Å². The van der Waals surface area contributed by atoms with Gasteiger partial charge < -0.3 is 9.64 Å². The molecule has 132 valence electrons. The zero-order valence-corrected chi connectivity index (χ0v) is 14.5. The number of hydrogen-bond acceptors (Lipinski definition) is 4. The number of para-hydroxylation sites is 2. The Kier molecular flexibility index (Phi) is 5.20. The van der Waals surface area contributed by atoms with Crippen LogP contribution in [0.5, 0.6) is 5.75 Å². The molecule has 3 rings (SSSR count). The number of anilines is 1. The summed E-state index contributed by atoms with van der Waals surface area (Å²) < 4.78 is 5.97. The van der Waals surface area contributed by atoms with E-state index in [1.165, 1.54) is 0 Å². The fourth-order valence-corrected chi connectivity index (χ4v) is 2.86. The molecule has 2 N–H and O–H groups in total. The normalized spacial score (nSPS) is 13.4. The van der Waals surface area contributed by atoms with Crippen molar-refractivity contribution in [3.63, 3.8) is 0 Å². The highest BCUT2D eigenvalue weighted by atomic mass is 16.5. The van der Waals surface area contributed by atoms with E-state index in [1.54, 1.807) is 23.7 Å². The minimum absolute atomic E-state index is 0.398. The highest BCUT2D eigenvalue weighted by Gasteiger charge is 2.24. The number of nitrogens with one attached hydrogen (secondary N) is 1. The molecule has 2 aromatic carbocycles. The van der Waals surface area contributed by atoms with Gasteiger partial charge in [0.15, 0.2) is 11.5 Å². The molecular formula is C21H20N2O3. The molecule has 0 saturated heterocycles. The number of allylic oxidation sites excluding steroid dienone is 3. The van der Waals surface area contributed by atoms with Crippen LogP contribution in [0.1, 0.15) is 22.8 Å². The van der Waals surface area contributed by atoms with E-state index in [0.717, 1.165) is 22.7 Å². The van der Waals surface area contributed by atoms with E-state index in [0.29, 0.717) is 17.9 Å². The van der Waals surface area contributed by atoms with Gasteiger partial charge in [-0.2, -0.15) is 0 Å². The maximum Gasteiger partial charge on any atom is 0.274 e. The van der Waals surface area contributed by atoms with Gasteiger partial charge in [0.05, 0.1) is 11.4 Å². The van der Waals surface area contributed by atoms with Crippen LogP contribution in [-0.4, -0.2) is 11.1 Å². The van der Waals surface area contributed by atoms with E-state index >= 15 is 0 Å². The van der Waals surface area contributed by atoms with Crippen molar-refractivity contribution in [2.24, 2.45) is 0 Å². The van der Waals surface area contributed by atoms with Crippen LogP contribution in [0.2, 0.25) is 0 Å². The average Bonchev–Trinajstić information content (AvgIpc) is 2.69. The summed E-state index contributed by atoms with van der Waals surface area (Å²) in [6.45, 7) is 6.41. The molecule has 0 atom stereocenters. The first-order valence-electron chi connectivity index (χ1n) is 8.25. The third kappa shape index (κ3) is 3.38. The van der Waals surface area contributed by atoms with Crippen molar-refractivity contribution in [3.05, 3.63) is 95.9 Å². The number of amides is 1. The van der Waals surface area contributed by atoms with E-state index in [2.05, 4.69) is 11.5 Å². The van der Waals surface area contributed by atoms with Crippen LogP contribution in [0.15, 0.2) is 84.8 Å². The lowest BCUT2D eigenvalue weighted by atomic mass is 10.1. The number of benzene rings is 2. The molecule has 1 heterocycles. The van der Waals surface area contributed by atoms with Crippen molar-refractivity contribution in [3.8, 4) is 5.75 Å². The van der Waals surface area contributed by atoms with Crippen LogP contribution in [0.3, 0.4) is 0 Å². The van der Waals surface area contributed by atoms with Crippen molar-refractivity contribution in [1.29, 1.82) is 0 Å². The molecule has 2 aromatic rings. The van der Waals surface area contributed by atoms with Crippen molar-refractivity contribution in [2.75, 3.05) is 4.90 Å². The van der Waals surface area contributed by atoms with Crippen molar-refractivity contribution >= 4 is 11.6 Å². The molecule has 26 heavy (non-hydrogen) atoms. The van der Waals surface area contributed by atoms with Gasteiger partial charge in [0.25, 0.3) is 5.91 Å². The monoisotopic (exact) mass is 348 g/mol. The Hall–Kier alpha value is -3.31. The van der Waals surface area contributed by atoms with Crippen molar-refractivity contribution in [2.45, 2.75) is 13.5 Å². The molecule has 0 bridgehead atoms. The third-order valence-corrected chi connectivity index (χ3v) is 4.09. The van der Waals surface area contributed by atoms with Crippen LogP contribution >= 0.6 is 0 Å². The molecule has 0 spiro atoms. The van der Waals surface area contributed by atoms with E-state index in [1.807, 2.05) is 55.5 Å². The van der Waals surface area contributed by atoms with E-state index < -0.39 is 5.91 Å². The van der Waals surface area contributed by atoms with Gasteiger partial charge in [-0.1, -0.05) is 36.9 Å². The molecule has 0 aromatic heterocycles. The second-order valence-corrected chi connectivity index (χ2v) is 5.75. The number of carbonyl (C=O) groups excluding carboxylic acids is 1. The fraction of sp³-hybridized carbons (Fsp3) is 0.0952. The molecule has 0 fully saturated rings. The molecule has 0 aliphatic carbocycles. The van der Waals surface area contributed by atoms with Crippen LogP contribution in [0, 0.1) is 0 Å². The Morgan fingerprint density at radius 1 is 1.23 bits per heavy atom. The summed E-state index contributed by atoms with van der Waals surface area (Å²) in [5.74, 6) is 0.932. The predicted molar refractivity (Wildman–Crippen MR) is 101 cm³/mol. The lowest BCUT2D eigenvalue weighted by Gasteiger charge is -2.33. The van der Waals surface area contributed by atoms with E-state index in [9.17, 15) is 4.79 Å². The predicted octanol–water partition coefficient (Wildman–Crippen LogP) is 4.18. The Morgan fingerprint density at radius 3 is 2.62 bits per heavy atom. The second kappa shape index (κ2) is 7.72. The van der Waals surface area contributed by atoms with Gasteiger partial charge in [0.2, 0.25) is 0 Å². The maximum absolute atomic E-state index is 11.5. The molecule has 1 amide bonds. The molecule has 1 aliphatic heterocycles. The van der Waals surface area contributed by atoms with Gasteiger partial charge in [-0.15, -0.1) is 0 Å². The summed E-state index contributed by atoms with van der Waals surface area (Å²) in [7, 11) is 0. The zero-order valence-electron chi connectivity index (χ0n) is 14.5. The first-order chi connectivity index (χ1) is 12.7. The molecule has 0 unspecified atom stereocenters. The number of carbonyl (C=O) groups is 1. The molecule has 5 nitrogen and oxygen atoms in total. The van der Waals surface area contributed by atoms with Crippen LogP contribution in [-0.2, 0) is 6.54 Å². The Bertz CT molecular complexity index is 882. The minimum atomic E-state index is -0.531. The summed E-state index contributed by atoms with van der Waals surface area (Å²) in [4.78, 5) is 13.6. The fourth-order valence-electron chi connectivity index (χ4n) is 2.86. The first-order valence-corrected chi connectivity index (χ1v) is 8.25. The second-order valence-electron chi connectivity index (χ2n) is 5.75. The van der Waals surface area contributed by atoms with Gasteiger partial charge in [-0.3, -0.25) is 10.0 Å². The molecule has 1 aliphatic rings. The van der Waals surface area contributed by atoms with Crippen LogP contribution in [0.4, 0.5) is 5.69 Å². The average molecular weight is 348 g/mol. The van der Waals surface area contributed by atoms with Crippen molar-refractivity contribution in [1.82, 2.24) is 5.48 Å². The van der Waals surface area contributed by atoms with Gasteiger partial charge in [-0.05, 0) is 48.9 Å². The standard InChI is InChI=1S/C21H20N2O3/c1-3-7-17-19(4-2)26-20-9-6-5-8-18(20)23(17)14-15-10-12-16(13-11-15)21(24)22-25/h3-13,25H,2,14H2,1H3,(H,22,24)/b7-3-. The highest BCUT2D eigenvalue weighted by molar-refractivity contribution is 5.93. The Morgan fingerprint density at radius 2 is 1.96 bits per heavy atom. The summed E-state index contributed by atoms with van der Waals surface area (Å²) in [5, 5.41) is 8.73. The molecular weight excluding hydrogens is 328 g/mol. The largest absolute Gasteiger partial charge is 0.453 e. The Balaban J connectivity index is 1.99. The number of ether oxygens (including phenoxy) is 1. The minimum Gasteiger partial charge on any atom is -0.453 e. The quantitative estimate of drug-likeness (QED) is 0.629.